The number of nitrogens with zero attached hydrogens (tertiary/aromatic N) is 2. The van der Waals surface area contributed by atoms with Crippen molar-refractivity contribution >= 4 is 43.2 Å². The fourth-order valence-corrected chi connectivity index (χ4v) is 2.76. The highest BCUT2D eigenvalue weighted by molar-refractivity contribution is 9.10. The van der Waals surface area contributed by atoms with Crippen molar-refractivity contribution in [2.75, 3.05) is 11.9 Å². The number of halogens is 2. The van der Waals surface area contributed by atoms with E-state index in [1.807, 2.05) is 36.2 Å². The van der Waals surface area contributed by atoms with Crippen LogP contribution < -0.4 is 4.90 Å². The van der Waals surface area contributed by atoms with E-state index in [1.165, 1.54) is 6.07 Å². The van der Waals surface area contributed by atoms with Gasteiger partial charge < -0.3 is 4.90 Å². The van der Waals surface area contributed by atoms with Crippen molar-refractivity contribution in [3.05, 3.63) is 67.1 Å². The number of nitro groups is 1. The molecule has 2 aromatic carbocycles. The zero-order valence-corrected chi connectivity index (χ0v) is 13.9. The second-order valence-corrected chi connectivity index (χ2v) is 6.21. The van der Waals surface area contributed by atoms with Crippen LogP contribution >= 0.6 is 31.9 Å². The molecule has 0 heterocycles. The fraction of sp³-hybridized carbons (Fsp3) is 0.143. The van der Waals surface area contributed by atoms with Gasteiger partial charge in [0.1, 0.15) is 5.69 Å². The van der Waals surface area contributed by atoms with Gasteiger partial charge in [0.15, 0.2) is 0 Å². The lowest BCUT2D eigenvalue weighted by atomic mass is 10.2. The van der Waals surface area contributed by atoms with Gasteiger partial charge in [-0.1, -0.05) is 44.0 Å². The molecule has 0 saturated carbocycles. The van der Waals surface area contributed by atoms with Crippen molar-refractivity contribution in [3.8, 4) is 0 Å². The Balaban J connectivity index is 2.29. The fourth-order valence-electron chi connectivity index (χ4n) is 1.96. The summed E-state index contributed by atoms with van der Waals surface area (Å²) in [4.78, 5) is 12.6. The molecular formula is C14H12Br2N2O2. The van der Waals surface area contributed by atoms with E-state index in [4.69, 9.17) is 0 Å². The van der Waals surface area contributed by atoms with E-state index in [1.54, 1.807) is 12.1 Å². The Bertz CT molecular complexity index is 647. The standard InChI is InChI=1S/C14H12Br2N2O2/c1-17(9-10-3-2-4-11(15)7-10)13-6-5-12(16)8-14(13)18(19)20/h2-8H,9H2,1H3. The van der Waals surface area contributed by atoms with Crippen LogP contribution in [-0.2, 0) is 6.54 Å². The topological polar surface area (TPSA) is 46.4 Å². The number of anilines is 1. The normalized spacial score (nSPS) is 10.3. The molecule has 0 aliphatic heterocycles. The third-order valence-corrected chi connectivity index (χ3v) is 3.84. The predicted octanol–water partition coefficient (Wildman–Crippen LogP) is 4.76. The summed E-state index contributed by atoms with van der Waals surface area (Å²) in [5.41, 5.74) is 1.77. The van der Waals surface area contributed by atoms with E-state index in [-0.39, 0.29) is 10.6 Å². The van der Waals surface area contributed by atoms with Gasteiger partial charge in [0, 0.05) is 28.6 Å². The highest BCUT2D eigenvalue weighted by atomic mass is 79.9. The van der Waals surface area contributed by atoms with Crippen LogP contribution in [-0.4, -0.2) is 12.0 Å². The number of hydrogen-bond acceptors (Lipinski definition) is 3. The first-order valence-electron chi connectivity index (χ1n) is 5.87. The Morgan fingerprint density at radius 2 is 1.85 bits per heavy atom. The van der Waals surface area contributed by atoms with Gasteiger partial charge in [0.25, 0.3) is 5.69 Å². The third kappa shape index (κ3) is 3.58. The summed E-state index contributed by atoms with van der Waals surface area (Å²) in [5, 5.41) is 11.1. The minimum absolute atomic E-state index is 0.0943. The zero-order valence-electron chi connectivity index (χ0n) is 10.7. The molecule has 0 radical (unpaired) electrons. The van der Waals surface area contributed by atoms with Gasteiger partial charge >= 0.3 is 0 Å². The maximum Gasteiger partial charge on any atom is 0.293 e. The number of hydrogen-bond donors (Lipinski definition) is 0. The lowest BCUT2D eigenvalue weighted by Crippen LogP contribution is -2.17. The highest BCUT2D eigenvalue weighted by Crippen LogP contribution is 2.31. The summed E-state index contributed by atoms with van der Waals surface area (Å²) in [7, 11) is 1.84. The molecule has 2 rings (SSSR count). The highest BCUT2D eigenvalue weighted by Gasteiger charge is 2.17. The minimum atomic E-state index is -0.364. The summed E-state index contributed by atoms with van der Waals surface area (Å²) in [6.45, 7) is 0.599. The van der Waals surface area contributed by atoms with Crippen LogP contribution in [0.2, 0.25) is 0 Å². The van der Waals surface area contributed by atoms with Crippen LogP contribution in [0.1, 0.15) is 5.56 Å². The lowest BCUT2D eigenvalue weighted by Gasteiger charge is -2.19. The van der Waals surface area contributed by atoms with Gasteiger partial charge in [-0.05, 0) is 29.8 Å². The molecule has 4 nitrogen and oxygen atoms in total. The summed E-state index contributed by atoms with van der Waals surface area (Å²) in [6, 6.07) is 13.0. The Kier molecular flexibility index (Phi) is 4.77. The third-order valence-electron chi connectivity index (χ3n) is 2.85. The number of benzene rings is 2. The maximum atomic E-state index is 11.1. The Morgan fingerprint density at radius 1 is 1.15 bits per heavy atom. The average Bonchev–Trinajstić information content (AvgIpc) is 2.38. The zero-order chi connectivity index (χ0) is 14.7. The van der Waals surface area contributed by atoms with E-state index < -0.39 is 0 Å². The molecule has 104 valence electrons. The summed E-state index contributed by atoms with van der Waals surface area (Å²) >= 11 is 6.68. The molecule has 0 saturated heterocycles. The van der Waals surface area contributed by atoms with E-state index in [0.29, 0.717) is 16.7 Å². The first kappa shape index (κ1) is 15.0. The predicted molar refractivity (Wildman–Crippen MR) is 87.0 cm³/mol. The SMILES string of the molecule is CN(Cc1cccc(Br)c1)c1ccc(Br)cc1[N+](=O)[O-]. The van der Waals surface area contributed by atoms with Crippen LogP contribution in [0, 0.1) is 10.1 Å². The monoisotopic (exact) mass is 398 g/mol. The molecule has 0 aromatic heterocycles. The van der Waals surface area contributed by atoms with Crippen LogP contribution in [0.3, 0.4) is 0 Å². The van der Waals surface area contributed by atoms with Gasteiger partial charge in [-0.15, -0.1) is 0 Å². The molecule has 0 atom stereocenters. The molecule has 2 aromatic rings. The van der Waals surface area contributed by atoms with Gasteiger partial charge in [-0.3, -0.25) is 10.1 Å². The quantitative estimate of drug-likeness (QED) is 0.550. The maximum absolute atomic E-state index is 11.1. The molecule has 0 amide bonds. The van der Waals surface area contributed by atoms with Gasteiger partial charge in [0.05, 0.1) is 4.92 Å². The van der Waals surface area contributed by atoms with Gasteiger partial charge in [-0.25, -0.2) is 0 Å². The minimum Gasteiger partial charge on any atom is -0.365 e. The smallest absolute Gasteiger partial charge is 0.293 e. The van der Waals surface area contributed by atoms with E-state index in [0.717, 1.165) is 10.0 Å². The van der Waals surface area contributed by atoms with Crippen molar-refractivity contribution < 1.29 is 4.92 Å². The molecule has 0 aliphatic rings. The Morgan fingerprint density at radius 3 is 2.50 bits per heavy atom. The lowest BCUT2D eigenvalue weighted by molar-refractivity contribution is -0.384. The van der Waals surface area contributed by atoms with Crippen molar-refractivity contribution in [3.63, 3.8) is 0 Å². The first-order valence-corrected chi connectivity index (χ1v) is 7.45. The molecular weight excluding hydrogens is 388 g/mol. The van der Waals surface area contributed by atoms with Crippen LogP contribution in [0.15, 0.2) is 51.4 Å². The summed E-state index contributed by atoms with van der Waals surface area (Å²) in [6.07, 6.45) is 0. The summed E-state index contributed by atoms with van der Waals surface area (Å²) in [5.74, 6) is 0. The van der Waals surface area contributed by atoms with E-state index >= 15 is 0 Å². The molecule has 20 heavy (non-hydrogen) atoms. The molecule has 0 bridgehead atoms. The first-order chi connectivity index (χ1) is 9.47. The van der Waals surface area contributed by atoms with Crippen LogP contribution in [0.5, 0.6) is 0 Å². The van der Waals surface area contributed by atoms with Crippen LogP contribution in [0.4, 0.5) is 11.4 Å². The second kappa shape index (κ2) is 6.37. The average molecular weight is 400 g/mol. The molecule has 0 N–H and O–H groups in total. The van der Waals surface area contributed by atoms with Crippen molar-refractivity contribution in [2.24, 2.45) is 0 Å². The number of rotatable bonds is 4. The van der Waals surface area contributed by atoms with Crippen molar-refractivity contribution in [1.29, 1.82) is 0 Å². The van der Waals surface area contributed by atoms with Crippen molar-refractivity contribution in [2.45, 2.75) is 6.54 Å². The van der Waals surface area contributed by atoms with Crippen LogP contribution in [0.25, 0.3) is 0 Å². The largest absolute Gasteiger partial charge is 0.365 e. The van der Waals surface area contributed by atoms with E-state index in [9.17, 15) is 10.1 Å². The molecule has 0 unspecified atom stereocenters. The second-order valence-electron chi connectivity index (χ2n) is 4.38. The Labute approximate surface area is 133 Å². The molecule has 0 fully saturated rings. The summed E-state index contributed by atoms with van der Waals surface area (Å²) < 4.78 is 1.69. The van der Waals surface area contributed by atoms with Gasteiger partial charge in [0.2, 0.25) is 0 Å². The molecule has 0 spiro atoms. The molecule has 6 heteroatoms. The number of nitro benzene ring substituents is 1. The van der Waals surface area contributed by atoms with Crippen molar-refractivity contribution in [1.82, 2.24) is 0 Å². The molecule has 0 aliphatic carbocycles. The Hall–Kier alpha value is -1.40. The van der Waals surface area contributed by atoms with E-state index in [2.05, 4.69) is 31.9 Å². The van der Waals surface area contributed by atoms with Gasteiger partial charge in [-0.2, -0.15) is 0 Å².